The van der Waals surface area contributed by atoms with Crippen molar-refractivity contribution in [1.82, 2.24) is 4.90 Å². The van der Waals surface area contributed by atoms with Gasteiger partial charge in [0.25, 0.3) is 0 Å². The maximum atomic E-state index is 12.3. The molecule has 1 N–H and O–H groups in total. The van der Waals surface area contributed by atoms with Crippen molar-refractivity contribution in [3.63, 3.8) is 0 Å². The van der Waals surface area contributed by atoms with Crippen molar-refractivity contribution in [3.8, 4) is 5.75 Å². The van der Waals surface area contributed by atoms with Crippen LogP contribution in [0.4, 0.5) is 4.79 Å². The molecule has 0 aliphatic carbocycles. The van der Waals surface area contributed by atoms with Gasteiger partial charge in [-0.25, -0.2) is 9.59 Å². The standard InChI is InChI=1S/C18H23NO6/c1-18(2,3)25-17(23)19-9-5-8-14(19)16(22)24-11-15(21)12-6-4-7-13(20)10-12/h4,6-7,10,14,20H,5,8-9,11H2,1-3H3/t14-/m0/s1. The molecule has 1 aliphatic rings. The van der Waals surface area contributed by atoms with Crippen molar-refractivity contribution < 1.29 is 29.0 Å². The molecule has 7 heteroatoms. The fourth-order valence-electron chi connectivity index (χ4n) is 2.55. The maximum Gasteiger partial charge on any atom is 0.411 e. The van der Waals surface area contributed by atoms with E-state index in [1.165, 1.54) is 29.2 Å². The molecule has 1 aromatic carbocycles. The minimum Gasteiger partial charge on any atom is -0.508 e. The van der Waals surface area contributed by atoms with Crippen LogP contribution in [0, 0.1) is 0 Å². The van der Waals surface area contributed by atoms with Gasteiger partial charge < -0.3 is 14.6 Å². The van der Waals surface area contributed by atoms with E-state index in [4.69, 9.17) is 9.47 Å². The molecule has 0 aromatic heterocycles. The third-order valence-corrected chi connectivity index (χ3v) is 3.67. The number of likely N-dealkylation sites (tertiary alicyclic amines) is 1. The van der Waals surface area contributed by atoms with Crippen LogP contribution in [0.5, 0.6) is 5.75 Å². The second-order valence-corrected chi connectivity index (χ2v) is 6.91. The van der Waals surface area contributed by atoms with Gasteiger partial charge in [0.15, 0.2) is 12.4 Å². The molecule has 136 valence electrons. The first-order valence-corrected chi connectivity index (χ1v) is 8.16. The van der Waals surface area contributed by atoms with E-state index in [0.29, 0.717) is 19.4 Å². The number of hydrogen-bond donors (Lipinski definition) is 1. The monoisotopic (exact) mass is 349 g/mol. The fraction of sp³-hybridized carbons (Fsp3) is 0.500. The molecule has 1 heterocycles. The molecule has 0 radical (unpaired) electrons. The van der Waals surface area contributed by atoms with Crippen molar-refractivity contribution in [2.75, 3.05) is 13.2 Å². The first-order chi connectivity index (χ1) is 11.7. The van der Waals surface area contributed by atoms with E-state index in [1.54, 1.807) is 20.8 Å². The molecule has 0 bridgehead atoms. The number of esters is 1. The Labute approximate surface area is 146 Å². The predicted molar refractivity (Wildman–Crippen MR) is 89.4 cm³/mol. The lowest BCUT2D eigenvalue weighted by Gasteiger charge is -2.27. The molecule has 1 fully saturated rings. The Morgan fingerprint density at radius 3 is 2.64 bits per heavy atom. The average molecular weight is 349 g/mol. The molecule has 1 saturated heterocycles. The van der Waals surface area contributed by atoms with Gasteiger partial charge in [-0.3, -0.25) is 9.69 Å². The molecular weight excluding hydrogens is 326 g/mol. The van der Waals surface area contributed by atoms with Gasteiger partial charge >= 0.3 is 12.1 Å². The molecule has 2 rings (SSSR count). The van der Waals surface area contributed by atoms with E-state index in [9.17, 15) is 19.5 Å². The lowest BCUT2D eigenvalue weighted by atomic mass is 10.1. The number of nitrogens with zero attached hydrogens (tertiary/aromatic N) is 1. The SMILES string of the molecule is CC(C)(C)OC(=O)N1CCC[C@H]1C(=O)OCC(=O)c1cccc(O)c1. The van der Waals surface area contributed by atoms with Crippen molar-refractivity contribution >= 4 is 17.8 Å². The quantitative estimate of drug-likeness (QED) is 0.663. The Hall–Kier alpha value is -2.57. The zero-order chi connectivity index (χ0) is 18.6. The fourth-order valence-corrected chi connectivity index (χ4v) is 2.55. The maximum absolute atomic E-state index is 12.3. The summed E-state index contributed by atoms with van der Waals surface area (Å²) in [6.07, 6.45) is 0.573. The molecule has 0 spiro atoms. The number of Topliss-reactive ketones (excluding diaryl/α,β-unsaturated/α-hetero) is 1. The topological polar surface area (TPSA) is 93.1 Å². The summed E-state index contributed by atoms with van der Waals surface area (Å²) in [4.78, 5) is 37.8. The summed E-state index contributed by atoms with van der Waals surface area (Å²) in [5, 5.41) is 9.38. The lowest BCUT2D eigenvalue weighted by molar-refractivity contribution is -0.147. The third kappa shape index (κ3) is 5.20. The van der Waals surface area contributed by atoms with Gasteiger partial charge in [0.05, 0.1) is 0 Å². The van der Waals surface area contributed by atoms with Gasteiger partial charge in [0.2, 0.25) is 0 Å². The smallest absolute Gasteiger partial charge is 0.411 e. The molecule has 1 amide bonds. The molecule has 0 saturated carbocycles. The molecule has 1 atom stereocenters. The highest BCUT2D eigenvalue weighted by Gasteiger charge is 2.37. The first-order valence-electron chi connectivity index (χ1n) is 8.16. The third-order valence-electron chi connectivity index (χ3n) is 3.67. The number of hydrogen-bond acceptors (Lipinski definition) is 6. The van der Waals surface area contributed by atoms with Crippen molar-refractivity contribution in [2.45, 2.75) is 45.3 Å². The number of ether oxygens (including phenoxy) is 2. The van der Waals surface area contributed by atoms with Gasteiger partial charge in [-0.05, 0) is 45.7 Å². The van der Waals surface area contributed by atoms with Gasteiger partial charge in [-0.1, -0.05) is 12.1 Å². The van der Waals surface area contributed by atoms with E-state index < -0.39 is 36.1 Å². The number of ketones is 1. The zero-order valence-corrected chi connectivity index (χ0v) is 14.7. The van der Waals surface area contributed by atoms with Crippen molar-refractivity contribution in [3.05, 3.63) is 29.8 Å². The largest absolute Gasteiger partial charge is 0.508 e. The zero-order valence-electron chi connectivity index (χ0n) is 14.7. The predicted octanol–water partition coefficient (Wildman–Crippen LogP) is 2.52. The van der Waals surface area contributed by atoms with Crippen LogP contribution >= 0.6 is 0 Å². The minimum absolute atomic E-state index is 0.0379. The molecular formula is C18H23NO6. The van der Waals surface area contributed by atoms with Crippen LogP contribution < -0.4 is 0 Å². The number of phenols is 1. The van der Waals surface area contributed by atoms with E-state index in [-0.39, 0.29) is 11.3 Å². The molecule has 25 heavy (non-hydrogen) atoms. The van der Waals surface area contributed by atoms with Crippen LogP contribution in [0.1, 0.15) is 44.0 Å². The van der Waals surface area contributed by atoms with E-state index in [0.717, 1.165) is 0 Å². The number of rotatable bonds is 4. The number of phenolic OH excluding ortho intramolecular Hbond substituents is 1. The summed E-state index contributed by atoms with van der Waals surface area (Å²) in [5.41, 5.74) is -0.400. The number of carbonyl (C=O) groups is 3. The summed E-state index contributed by atoms with van der Waals surface area (Å²) in [6.45, 7) is 5.23. The first kappa shape index (κ1) is 18.8. The second kappa shape index (κ2) is 7.55. The molecule has 0 unspecified atom stereocenters. The average Bonchev–Trinajstić information content (AvgIpc) is 3.00. The van der Waals surface area contributed by atoms with Gasteiger partial charge in [0.1, 0.15) is 17.4 Å². The second-order valence-electron chi connectivity index (χ2n) is 6.91. The van der Waals surface area contributed by atoms with Crippen LogP contribution in [-0.2, 0) is 14.3 Å². The summed E-state index contributed by atoms with van der Waals surface area (Å²) in [5.74, 6) is -1.09. The van der Waals surface area contributed by atoms with E-state index in [2.05, 4.69) is 0 Å². The summed E-state index contributed by atoms with van der Waals surface area (Å²) in [6, 6.07) is 5.06. The summed E-state index contributed by atoms with van der Waals surface area (Å²) in [7, 11) is 0. The van der Waals surface area contributed by atoms with Crippen LogP contribution in [-0.4, -0.2) is 52.6 Å². The van der Waals surface area contributed by atoms with Gasteiger partial charge in [0, 0.05) is 12.1 Å². The summed E-state index contributed by atoms with van der Waals surface area (Å²) >= 11 is 0. The number of aromatic hydroxyl groups is 1. The molecule has 1 aromatic rings. The highest BCUT2D eigenvalue weighted by Crippen LogP contribution is 2.22. The summed E-state index contributed by atoms with van der Waals surface area (Å²) < 4.78 is 10.4. The van der Waals surface area contributed by atoms with Gasteiger partial charge in [-0.2, -0.15) is 0 Å². The van der Waals surface area contributed by atoms with Crippen LogP contribution in [0.25, 0.3) is 0 Å². The lowest BCUT2D eigenvalue weighted by Crippen LogP contribution is -2.44. The minimum atomic E-state index is -0.744. The van der Waals surface area contributed by atoms with Crippen molar-refractivity contribution in [2.24, 2.45) is 0 Å². The van der Waals surface area contributed by atoms with E-state index >= 15 is 0 Å². The van der Waals surface area contributed by atoms with Crippen LogP contribution in [0.2, 0.25) is 0 Å². The Morgan fingerprint density at radius 1 is 1.28 bits per heavy atom. The molecule has 7 nitrogen and oxygen atoms in total. The Kier molecular flexibility index (Phi) is 5.66. The van der Waals surface area contributed by atoms with Crippen LogP contribution in [0.15, 0.2) is 24.3 Å². The number of carbonyl (C=O) groups excluding carboxylic acids is 3. The van der Waals surface area contributed by atoms with E-state index in [1.807, 2.05) is 0 Å². The molecule has 1 aliphatic heterocycles. The van der Waals surface area contributed by atoms with Crippen molar-refractivity contribution in [1.29, 1.82) is 0 Å². The number of benzene rings is 1. The highest BCUT2D eigenvalue weighted by molar-refractivity contribution is 5.98. The Balaban J connectivity index is 1.93. The normalized spacial score (nSPS) is 17.2. The Bertz CT molecular complexity index is 664. The highest BCUT2D eigenvalue weighted by atomic mass is 16.6. The van der Waals surface area contributed by atoms with Crippen LogP contribution in [0.3, 0.4) is 0 Å². The number of amides is 1. The van der Waals surface area contributed by atoms with Gasteiger partial charge in [-0.15, -0.1) is 0 Å². The Morgan fingerprint density at radius 2 is 2.00 bits per heavy atom.